The quantitative estimate of drug-likeness (QED) is 0.186. The molecule has 0 radical (unpaired) electrons. The molecule has 1 saturated heterocycles. The van der Waals surface area contributed by atoms with Gasteiger partial charge in [0.15, 0.2) is 5.11 Å². The minimum absolute atomic E-state index is 0.0145. The summed E-state index contributed by atoms with van der Waals surface area (Å²) in [5, 5.41) is 13.9. The molecular formula is C23H16ClN3O5S. The lowest BCUT2D eigenvalue weighted by molar-refractivity contribution is -0.384. The number of nitrogens with zero attached hydrogens (tertiary/aromatic N) is 2. The average Bonchev–Trinajstić information content (AvgIpc) is 3.22. The first kappa shape index (κ1) is 22.4. The summed E-state index contributed by atoms with van der Waals surface area (Å²) >= 11 is 11.4. The van der Waals surface area contributed by atoms with Crippen LogP contribution in [0.4, 0.5) is 11.4 Å². The van der Waals surface area contributed by atoms with Crippen LogP contribution in [0.3, 0.4) is 0 Å². The maximum absolute atomic E-state index is 13.2. The number of anilines is 1. The first-order valence-corrected chi connectivity index (χ1v) is 10.5. The minimum Gasteiger partial charge on any atom is -0.457 e. The second kappa shape index (κ2) is 8.61. The molecule has 4 rings (SSSR count). The van der Waals surface area contributed by atoms with Crippen molar-refractivity contribution in [1.82, 2.24) is 5.32 Å². The summed E-state index contributed by atoms with van der Waals surface area (Å²) in [4.78, 5) is 37.6. The Morgan fingerprint density at radius 1 is 1.12 bits per heavy atom. The normalized spacial score (nSPS) is 15.2. The molecule has 33 heavy (non-hydrogen) atoms. The number of benzene rings is 2. The second-order valence-corrected chi connectivity index (χ2v) is 8.16. The Hall–Kier alpha value is -3.82. The number of carbonyl (C=O) groups is 2. The molecule has 1 aliphatic rings. The average molecular weight is 482 g/mol. The summed E-state index contributed by atoms with van der Waals surface area (Å²) in [5.41, 5.74) is 2.30. The third-order valence-electron chi connectivity index (χ3n) is 5.05. The third kappa shape index (κ3) is 4.28. The minimum atomic E-state index is -0.655. The Balaban J connectivity index is 1.72. The summed E-state index contributed by atoms with van der Waals surface area (Å²) in [6.45, 7) is 3.73. The number of nitro benzene ring substituents is 1. The number of amides is 2. The molecule has 0 unspecified atom stereocenters. The number of halogens is 1. The Kier molecular flexibility index (Phi) is 5.84. The van der Waals surface area contributed by atoms with Crippen molar-refractivity contribution in [2.24, 2.45) is 0 Å². The summed E-state index contributed by atoms with van der Waals surface area (Å²) in [5.74, 6) is -0.803. The molecule has 0 bridgehead atoms. The zero-order valence-corrected chi connectivity index (χ0v) is 19.0. The van der Waals surface area contributed by atoms with Crippen LogP contribution in [0.5, 0.6) is 0 Å². The van der Waals surface area contributed by atoms with Crippen molar-refractivity contribution in [2.45, 2.75) is 13.8 Å². The maximum Gasteiger partial charge on any atom is 0.270 e. The highest BCUT2D eigenvalue weighted by molar-refractivity contribution is 7.80. The van der Waals surface area contributed by atoms with Gasteiger partial charge in [0, 0.05) is 17.7 Å². The van der Waals surface area contributed by atoms with E-state index in [9.17, 15) is 19.7 Å². The molecule has 0 atom stereocenters. The number of rotatable bonds is 4. The van der Waals surface area contributed by atoms with Gasteiger partial charge in [-0.15, -0.1) is 0 Å². The van der Waals surface area contributed by atoms with Crippen LogP contribution < -0.4 is 10.2 Å². The van der Waals surface area contributed by atoms with Crippen LogP contribution in [-0.4, -0.2) is 21.9 Å². The predicted octanol–water partition coefficient (Wildman–Crippen LogP) is 4.96. The monoisotopic (exact) mass is 481 g/mol. The van der Waals surface area contributed by atoms with Gasteiger partial charge in [0.2, 0.25) is 0 Å². The fourth-order valence-electron chi connectivity index (χ4n) is 3.37. The number of thiocarbonyl (C=S) groups is 1. The standard InChI is InChI=1S/C23H16ClN3O5S/c1-12-3-4-13(2)19(9-12)26-22(29)17(21(28)25-23(26)33)11-15-6-8-20(32-15)16-10-14(27(30)31)5-7-18(16)24/h3-11H,1-2H3,(H,25,28,33)/b17-11+. The van der Waals surface area contributed by atoms with Crippen molar-refractivity contribution in [3.05, 3.63) is 86.1 Å². The maximum atomic E-state index is 13.2. The highest BCUT2D eigenvalue weighted by Gasteiger charge is 2.35. The number of hydrogen-bond acceptors (Lipinski definition) is 6. The van der Waals surface area contributed by atoms with E-state index in [-0.39, 0.29) is 32.9 Å². The molecule has 1 aliphatic heterocycles. The number of hydrogen-bond donors (Lipinski definition) is 1. The van der Waals surface area contributed by atoms with Crippen LogP contribution in [0.1, 0.15) is 16.9 Å². The number of carbonyl (C=O) groups excluding carboxylic acids is 2. The van der Waals surface area contributed by atoms with Crippen LogP contribution in [-0.2, 0) is 9.59 Å². The van der Waals surface area contributed by atoms with Crippen LogP contribution in [0, 0.1) is 24.0 Å². The molecule has 1 N–H and O–H groups in total. The molecular weight excluding hydrogens is 466 g/mol. The topological polar surface area (TPSA) is 106 Å². The van der Waals surface area contributed by atoms with Gasteiger partial charge < -0.3 is 4.42 Å². The van der Waals surface area contributed by atoms with Gasteiger partial charge in [0.25, 0.3) is 17.5 Å². The number of nitro groups is 1. The van der Waals surface area contributed by atoms with Crippen molar-refractivity contribution >= 4 is 58.2 Å². The highest BCUT2D eigenvalue weighted by Crippen LogP contribution is 2.33. The number of aryl methyl sites for hydroxylation is 2. The van der Waals surface area contributed by atoms with Crippen molar-refractivity contribution in [3.8, 4) is 11.3 Å². The lowest BCUT2D eigenvalue weighted by Crippen LogP contribution is -2.54. The molecule has 3 aromatic rings. The van der Waals surface area contributed by atoms with E-state index in [1.807, 2.05) is 32.0 Å². The Labute approximate surface area is 198 Å². The van der Waals surface area contributed by atoms with Gasteiger partial charge in [-0.1, -0.05) is 23.7 Å². The molecule has 2 heterocycles. The van der Waals surface area contributed by atoms with E-state index in [2.05, 4.69) is 5.32 Å². The van der Waals surface area contributed by atoms with E-state index in [0.29, 0.717) is 11.3 Å². The summed E-state index contributed by atoms with van der Waals surface area (Å²) < 4.78 is 5.73. The van der Waals surface area contributed by atoms with E-state index < -0.39 is 16.7 Å². The largest absolute Gasteiger partial charge is 0.457 e. The zero-order chi connectivity index (χ0) is 23.9. The van der Waals surface area contributed by atoms with Gasteiger partial charge in [-0.05, 0) is 67.5 Å². The van der Waals surface area contributed by atoms with Crippen molar-refractivity contribution in [1.29, 1.82) is 0 Å². The van der Waals surface area contributed by atoms with Crippen molar-refractivity contribution in [2.75, 3.05) is 4.90 Å². The smallest absolute Gasteiger partial charge is 0.270 e. The predicted molar refractivity (Wildman–Crippen MR) is 128 cm³/mol. The summed E-state index contributed by atoms with van der Waals surface area (Å²) in [6.07, 6.45) is 1.30. The molecule has 166 valence electrons. The molecule has 10 heteroatoms. The van der Waals surface area contributed by atoms with E-state index >= 15 is 0 Å². The van der Waals surface area contributed by atoms with Crippen LogP contribution in [0.15, 0.2) is 58.5 Å². The van der Waals surface area contributed by atoms with E-state index in [1.165, 1.54) is 35.2 Å². The molecule has 0 spiro atoms. The Morgan fingerprint density at radius 2 is 1.88 bits per heavy atom. The molecule has 2 aromatic carbocycles. The lowest BCUT2D eigenvalue weighted by atomic mass is 10.1. The summed E-state index contributed by atoms with van der Waals surface area (Å²) in [7, 11) is 0. The zero-order valence-electron chi connectivity index (χ0n) is 17.4. The molecule has 0 saturated carbocycles. The van der Waals surface area contributed by atoms with Crippen LogP contribution in [0.2, 0.25) is 5.02 Å². The van der Waals surface area contributed by atoms with Gasteiger partial charge in [0.05, 0.1) is 15.6 Å². The number of nitrogens with one attached hydrogen (secondary N) is 1. The third-order valence-corrected chi connectivity index (χ3v) is 5.66. The highest BCUT2D eigenvalue weighted by atomic mass is 35.5. The van der Waals surface area contributed by atoms with Gasteiger partial charge in [-0.2, -0.15) is 0 Å². The Bertz CT molecular complexity index is 1380. The van der Waals surface area contributed by atoms with Gasteiger partial charge in [-0.25, -0.2) is 0 Å². The first-order chi connectivity index (χ1) is 15.7. The van der Waals surface area contributed by atoms with Crippen LogP contribution in [0.25, 0.3) is 17.4 Å². The fraction of sp³-hybridized carbons (Fsp3) is 0.0870. The van der Waals surface area contributed by atoms with Crippen molar-refractivity contribution in [3.63, 3.8) is 0 Å². The number of non-ortho nitro benzene ring substituents is 1. The first-order valence-electron chi connectivity index (χ1n) is 9.68. The second-order valence-electron chi connectivity index (χ2n) is 7.37. The SMILES string of the molecule is Cc1ccc(C)c(N2C(=O)/C(=C/c3ccc(-c4cc([N+](=O)[O-])ccc4Cl)o3)C(=O)NC2=S)c1. The van der Waals surface area contributed by atoms with E-state index in [4.69, 9.17) is 28.2 Å². The molecule has 1 aromatic heterocycles. The molecule has 2 amide bonds. The van der Waals surface area contributed by atoms with E-state index in [0.717, 1.165) is 11.1 Å². The molecule has 0 aliphatic carbocycles. The molecule has 8 nitrogen and oxygen atoms in total. The fourth-order valence-corrected chi connectivity index (χ4v) is 3.85. The Morgan fingerprint density at radius 3 is 2.61 bits per heavy atom. The van der Waals surface area contributed by atoms with Crippen LogP contribution >= 0.6 is 23.8 Å². The lowest BCUT2D eigenvalue weighted by Gasteiger charge is -2.30. The van der Waals surface area contributed by atoms with Gasteiger partial charge >= 0.3 is 0 Å². The van der Waals surface area contributed by atoms with Crippen molar-refractivity contribution < 1.29 is 18.9 Å². The summed E-state index contributed by atoms with van der Waals surface area (Å²) in [6, 6.07) is 12.6. The molecule has 1 fully saturated rings. The number of furan rings is 1. The van der Waals surface area contributed by atoms with Gasteiger partial charge in [-0.3, -0.25) is 29.9 Å². The van der Waals surface area contributed by atoms with Gasteiger partial charge in [0.1, 0.15) is 17.1 Å². The van der Waals surface area contributed by atoms with E-state index in [1.54, 1.807) is 6.07 Å².